The molecule has 0 bridgehead atoms. The Morgan fingerprint density at radius 3 is 2.83 bits per heavy atom. The molecule has 1 aromatic rings. The third kappa shape index (κ3) is 2.41. The number of esters is 1. The predicted octanol–water partition coefficient (Wildman–Crippen LogP) is 2.31. The standard InChI is InChI=1S/C11H11BrN2O3S/c1-5-8(10(15)17-2)9(14-11(16)13-5)7-3-6(12)4-18-7/h3-4,9H,1-2H3,(H2,13,14,16)/t9-/m1/s1. The summed E-state index contributed by atoms with van der Waals surface area (Å²) in [5.41, 5.74) is 0.937. The number of rotatable bonds is 2. The smallest absolute Gasteiger partial charge is 0.338 e. The molecule has 1 aliphatic rings. The van der Waals surface area contributed by atoms with Crippen molar-refractivity contribution >= 4 is 39.3 Å². The van der Waals surface area contributed by atoms with E-state index in [2.05, 4.69) is 26.6 Å². The normalized spacial score (nSPS) is 19.3. The molecule has 1 aliphatic heterocycles. The molecule has 96 valence electrons. The van der Waals surface area contributed by atoms with Crippen molar-refractivity contribution in [3.8, 4) is 0 Å². The summed E-state index contributed by atoms with van der Waals surface area (Å²) < 4.78 is 5.67. The number of carbonyl (C=O) groups excluding carboxylic acids is 2. The van der Waals surface area contributed by atoms with Crippen LogP contribution in [0.1, 0.15) is 17.8 Å². The number of ether oxygens (including phenoxy) is 1. The quantitative estimate of drug-likeness (QED) is 0.817. The van der Waals surface area contributed by atoms with Crippen LogP contribution in [0.2, 0.25) is 0 Å². The van der Waals surface area contributed by atoms with Gasteiger partial charge in [-0.25, -0.2) is 9.59 Å². The van der Waals surface area contributed by atoms with E-state index in [4.69, 9.17) is 4.74 Å². The first-order chi connectivity index (χ1) is 8.52. The minimum Gasteiger partial charge on any atom is -0.466 e. The van der Waals surface area contributed by atoms with E-state index in [0.717, 1.165) is 9.35 Å². The van der Waals surface area contributed by atoms with Gasteiger partial charge in [0.05, 0.1) is 18.7 Å². The molecule has 0 aliphatic carbocycles. The number of nitrogens with one attached hydrogen (secondary N) is 2. The number of allylic oxidation sites excluding steroid dienone is 1. The van der Waals surface area contributed by atoms with Gasteiger partial charge in [-0.15, -0.1) is 11.3 Å². The lowest BCUT2D eigenvalue weighted by Gasteiger charge is -2.26. The average Bonchev–Trinajstić information content (AvgIpc) is 2.74. The zero-order valence-corrected chi connectivity index (χ0v) is 12.1. The van der Waals surface area contributed by atoms with Crippen molar-refractivity contribution in [1.82, 2.24) is 10.6 Å². The van der Waals surface area contributed by atoms with Crippen molar-refractivity contribution < 1.29 is 14.3 Å². The number of hydrogen-bond donors (Lipinski definition) is 2. The molecule has 2 heterocycles. The minimum atomic E-state index is -0.470. The van der Waals surface area contributed by atoms with Crippen LogP contribution in [0, 0.1) is 0 Å². The largest absolute Gasteiger partial charge is 0.466 e. The van der Waals surface area contributed by atoms with E-state index in [0.29, 0.717) is 11.3 Å². The molecule has 0 unspecified atom stereocenters. The summed E-state index contributed by atoms with van der Waals surface area (Å²) in [5.74, 6) is -0.450. The second kappa shape index (κ2) is 5.11. The van der Waals surface area contributed by atoms with E-state index in [1.807, 2.05) is 11.4 Å². The van der Waals surface area contributed by atoms with Crippen LogP contribution in [0.3, 0.4) is 0 Å². The summed E-state index contributed by atoms with van der Waals surface area (Å²) >= 11 is 4.81. The van der Waals surface area contributed by atoms with E-state index in [9.17, 15) is 9.59 Å². The van der Waals surface area contributed by atoms with Crippen molar-refractivity contribution in [1.29, 1.82) is 0 Å². The lowest BCUT2D eigenvalue weighted by molar-refractivity contribution is -0.136. The number of urea groups is 1. The van der Waals surface area contributed by atoms with Gasteiger partial charge in [0.15, 0.2) is 0 Å². The Bertz CT molecular complexity index is 538. The number of carbonyl (C=O) groups is 2. The molecule has 5 nitrogen and oxygen atoms in total. The Morgan fingerprint density at radius 1 is 1.56 bits per heavy atom. The molecule has 0 aromatic carbocycles. The SMILES string of the molecule is COC(=O)C1=C(C)NC(=O)N[C@@H]1c1cc(Br)cs1. The van der Waals surface area contributed by atoms with E-state index >= 15 is 0 Å². The highest BCUT2D eigenvalue weighted by Crippen LogP contribution is 2.33. The Hall–Kier alpha value is -1.34. The number of amides is 2. The third-order valence-corrected chi connectivity index (χ3v) is 4.31. The van der Waals surface area contributed by atoms with Crippen LogP contribution in [0.4, 0.5) is 4.79 Å². The van der Waals surface area contributed by atoms with Crippen LogP contribution in [0.15, 0.2) is 27.2 Å². The lowest BCUT2D eigenvalue weighted by Crippen LogP contribution is -2.45. The highest BCUT2D eigenvalue weighted by atomic mass is 79.9. The van der Waals surface area contributed by atoms with Crippen LogP contribution in [0.25, 0.3) is 0 Å². The fraction of sp³-hybridized carbons (Fsp3) is 0.273. The first kappa shape index (κ1) is 13.1. The van der Waals surface area contributed by atoms with Gasteiger partial charge in [-0.2, -0.15) is 0 Å². The first-order valence-corrected chi connectivity index (χ1v) is 6.80. The van der Waals surface area contributed by atoms with E-state index in [-0.39, 0.29) is 6.03 Å². The Balaban J connectivity index is 2.45. The molecular formula is C11H11BrN2O3S. The topological polar surface area (TPSA) is 67.4 Å². The summed E-state index contributed by atoms with van der Waals surface area (Å²) in [6.45, 7) is 1.68. The van der Waals surface area contributed by atoms with Crippen molar-refractivity contribution in [3.05, 3.63) is 32.1 Å². The number of hydrogen-bond acceptors (Lipinski definition) is 4. The summed E-state index contributed by atoms with van der Waals surface area (Å²) in [4.78, 5) is 24.2. The average molecular weight is 331 g/mol. The van der Waals surface area contributed by atoms with Crippen LogP contribution in [0.5, 0.6) is 0 Å². The number of thiophene rings is 1. The van der Waals surface area contributed by atoms with Crippen LogP contribution in [-0.4, -0.2) is 19.1 Å². The Labute approximate surface area is 116 Å². The summed E-state index contributed by atoms with van der Waals surface area (Å²) in [6, 6.07) is 1.08. The van der Waals surface area contributed by atoms with Gasteiger partial charge in [-0.05, 0) is 28.9 Å². The molecule has 2 rings (SSSR count). The van der Waals surface area contributed by atoms with E-state index < -0.39 is 12.0 Å². The third-order valence-electron chi connectivity index (χ3n) is 2.55. The fourth-order valence-electron chi connectivity index (χ4n) is 1.77. The molecule has 2 amide bonds. The van der Waals surface area contributed by atoms with E-state index in [1.165, 1.54) is 18.4 Å². The molecule has 0 saturated heterocycles. The van der Waals surface area contributed by atoms with Crippen molar-refractivity contribution in [2.75, 3.05) is 7.11 Å². The molecule has 18 heavy (non-hydrogen) atoms. The van der Waals surface area contributed by atoms with Gasteiger partial charge in [0.1, 0.15) is 0 Å². The van der Waals surface area contributed by atoms with Gasteiger partial charge in [0.25, 0.3) is 0 Å². The highest BCUT2D eigenvalue weighted by molar-refractivity contribution is 9.10. The minimum absolute atomic E-state index is 0.324. The maximum Gasteiger partial charge on any atom is 0.338 e. The predicted molar refractivity (Wildman–Crippen MR) is 71.1 cm³/mol. The molecule has 0 fully saturated rings. The fourth-order valence-corrected chi connectivity index (χ4v) is 3.27. The van der Waals surface area contributed by atoms with Gasteiger partial charge in [0.2, 0.25) is 0 Å². The second-order valence-electron chi connectivity index (χ2n) is 3.73. The van der Waals surface area contributed by atoms with E-state index in [1.54, 1.807) is 6.92 Å². The van der Waals surface area contributed by atoms with Crippen LogP contribution < -0.4 is 10.6 Å². The molecule has 0 saturated carbocycles. The molecule has 1 aromatic heterocycles. The molecular weight excluding hydrogens is 320 g/mol. The zero-order chi connectivity index (χ0) is 13.3. The molecule has 7 heteroatoms. The van der Waals surface area contributed by atoms with Crippen molar-refractivity contribution in [2.45, 2.75) is 13.0 Å². The number of halogens is 1. The first-order valence-electron chi connectivity index (χ1n) is 5.13. The Morgan fingerprint density at radius 2 is 2.28 bits per heavy atom. The second-order valence-corrected chi connectivity index (χ2v) is 5.59. The highest BCUT2D eigenvalue weighted by Gasteiger charge is 2.32. The molecule has 0 spiro atoms. The van der Waals surface area contributed by atoms with Gasteiger partial charge in [0, 0.05) is 20.4 Å². The van der Waals surface area contributed by atoms with Gasteiger partial charge < -0.3 is 15.4 Å². The summed E-state index contributed by atoms with van der Waals surface area (Å²) in [7, 11) is 1.32. The van der Waals surface area contributed by atoms with Crippen molar-refractivity contribution in [3.63, 3.8) is 0 Å². The van der Waals surface area contributed by atoms with Crippen LogP contribution >= 0.6 is 27.3 Å². The van der Waals surface area contributed by atoms with Crippen molar-refractivity contribution in [2.24, 2.45) is 0 Å². The molecule has 2 N–H and O–H groups in total. The monoisotopic (exact) mass is 330 g/mol. The summed E-state index contributed by atoms with van der Waals surface area (Å²) in [6.07, 6.45) is 0. The Kier molecular flexibility index (Phi) is 3.72. The summed E-state index contributed by atoms with van der Waals surface area (Å²) in [5, 5.41) is 7.19. The van der Waals surface area contributed by atoms with Gasteiger partial charge in [-0.3, -0.25) is 0 Å². The molecule has 0 radical (unpaired) electrons. The molecule has 1 atom stereocenters. The maximum absolute atomic E-state index is 11.8. The maximum atomic E-state index is 11.8. The van der Waals surface area contributed by atoms with Gasteiger partial charge >= 0.3 is 12.0 Å². The van der Waals surface area contributed by atoms with Crippen LogP contribution in [-0.2, 0) is 9.53 Å². The zero-order valence-electron chi connectivity index (χ0n) is 9.74. The number of methoxy groups -OCH3 is 1. The van der Waals surface area contributed by atoms with Gasteiger partial charge in [-0.1, -0.05) is 0 Å². The lowest BCUT2D eigenvalue weighted by atomic mass is 10.0.